The minimum Gasteiger partial charge on any atom is -0.503 e. The molecule has 1 aromatic heterocycles. The molecule has 0 bridgehead atoms. The summed E-state index contributed by atoms with van der Waals surface area (Å²) >= 11 is 1.39. The molecule has 29 heavy (non-hydrogen) atoms. The number of hydrogen-bond acceptors (Lipinski definition) is 4. The van der Waals surface area contributed by atoms with Crippen LogP contribution in [-0.4, -0.2) is 11.2 Å². The Morgan fingerprint density at radius 3 is 1.90 bits per heavy atom. The smallest absolute Gasteiger partial charge is 0.413 e. The Hall–Kier alpha value is -3.57. The van der Waals surface area contributed by atoms with Gasteiger partial charge in [0.2, 0.25) is 0 Å². The van der Waals surface area contributed by atoms with Crippen molar-refractivity contribution in [2.45, 2.75) is 6.54 Å². The van der Waals surface area contributed by atoms with E-state index in [-0.39, 0.29) is 11.5 Å². The second-order valence-corrected chi connectivity index (χ2v) is 7.42. The van der Waals surface area contributed by atoms with Gasteiger partial charge in [-0.05, 0) is 16.7 Å². The Bertz CT molecular complexity index is 1090. The number of rotatable bonds is 5. The van der Waals surface area contributed by atoms with Crippen molar-refractivity contribution < 1.29 is 14.6 Å². The number of carbonyl (C=O) groups is 1. The fraction of sp³-hybridized carbons (Fsp3) is 0.0417. The Morgan fingerprint density at radius 2 is 1.31 bits per heavy atom. The summed E-state index contributed by atoms with van der Waals surface area (Å²) < 4.78 is 5.56. The van der Waals surface area contributed by atoms with Crippen LogP contribution in [0, 0.1) is 0 Å². The van der Waals surface area contributed by atoms with Crippen LogP contribution in [0.5, 0.6) is 11.5 Å². The molecule has 0 unspecified atom stereocenters. The van der Waals surface area contributed by atoms with Crippen LogP contribution in [0.3, 0.4) is 0 Å². The van der Waals surface area contributed by atoms with Crippen molar-refractivity contribution in [3.63, 3.8) is 0 Å². The van der Waals surface area contributed by atoms with Crippen LogP contribution in [0.2, 0.25) is 0 Å². The highest BCUT2D eigenvalue weighted by atomic mass is 32.1. The molecular weight excluding hydrogens is 382 g/mol. The van der Waals surface area contributed by atoms with E-state index in [1.54, 1.807) is 0 Å². The van der Waals surface area contributed by atoms with Crippen molar-refractivity contribution in [1.82, 2.24) is 5.32 Å². The molecule has 144 valence electrons. The minimum absolute atomic E-state index is 0.0325. The largest absolute Gasteiger partial charge is 0.503 e. The fourth-order valence-corrected chi connectivity index (χ4v) is 4.10. The first-order valence-electron chi connectivity index (χ1n) is 9.18. The lowest BCUT2D eigenvalue weighted by Crippen LogP contribution is -2.26. The number of amides is 1. The van der Waals surface area contributed by atoms with Gasteiger partial charge in [0.25, 0.3) is 0 Å². The van der Waals surface area contributed by atoms with Crippen molar-refractivity contribution >= 4 is 17.4 Å². The third-order valence-corrected chi connectivity index (χ3v) is 5.65. The molecule has 1 amide bonds. The van der Waals surface area contributed by atoms with Crippen LogP contribution >= 0.6 is 11.3 Å². The summed E-state index contributed by atoms with van der Waals surface area (Å²) in [6, 6.07) is 28.7. The molecule has 2 N–H and O–H groups in total. The van der Waals surface area contributed by atoms with Crippen LogP contribution in [0.25, 0.3) is 20.9 Å². The lowest BCUT2D eigenvalue weighted by atomic mass is 10.1. The van der Waals surface area contributed by atoms with Gasteiger partial charge in [0.05, 0.1) is 9.75 Å². The molecule has 0 aliphatic rings. The van der Waals surface area contributed by atoms with Gasteiger partial charge in [-0.3, -0.25) is 0 Å². The predicted molar refractivity (Wildman–Crippen MR) is 116 cm³/mol. The summed E-state index contributed by atoms with van der Waals surface area (Å²) in [6.07, 6.45) is -0.612. The predicted octanol–water partition coefficient (Wildman–Crippen LogP) is 6.08. The van der Waals surface area contributed by atoms with Crippen molar-refractivity contribution in [1.29, 1.82) is 0 Å². The number of aromatic hydroxyl groups is 1. The first kappa shape index (κ1) is 18.8. The van der Waals surface area contributed by atoms with E-state index in [0.29, 0.717) is 16.3 Å². The van der Waals surface area contributed by atoms with Gasteiger partial charge in [0.1, 0.15) is 0 Å². The second kappa shape index (κ2) is 8.63. The average Bonchev–Trinajstić information content (AvgIpc) is 3.10. The third-order valence-electron chi connectivity index (χ3n) is 4.39. The van der Waals surface area contributed by atoms with Crippen LogP contribution in [0.15, 0.2) is 91.0 Å². The van der Waals surface area contributed by atoms with Crippen LogP contribution in [0.1, 0.15) is 5.56 Å². The number of benzene rings is 3. The lowest BCUT2D eigenvalue weighted by Gasteiger charge is -2.08. The molecule has 0 aliphatic carbocycles. The topological polar surface area (TPSA) is 58.6 Å². The Kier molecular flexibility index (Phi) is 5.59. The van der Waals surface area contributed by atoms with Gasteiger partial charge in [-0.25, -0.2) is 4.79 Å². The maximum Gasteiger partial charge on any atom is 0.413 e. The van der Waals surface area contributed by atoms with Gasteiger partial charge >= 0.3 is 6.09 Å². The van der Waals surface area contributed by atoms with E-state index in [1.807, 2.05) is 91.0 Å². The molecule has 0 saturated carbocycles. The number of ether oxygens (including phenoxy) is 1. The van der Waals surface area contributed by atoms with E-state index in [9.17, 15) is 9.90 Å². The van der Waals surface area contributed by atoms with E-state index >= 15 is 0 Å². The zero-order chi connectivity index (χ0) is 20.1. The third kappa shape index (κ3) is 4.31. The molecule has 4 rings (SSSR count). The van der Waals surface area contributed by atoms with E-state index in [1.165, 1.54) is 11.3 Å². The monoisotopic (exact) mass is 401 g/mol. The second-order valence-electron chi connectivity index (χ2n) is 6.40. The van der Waals surface area contributed by atoms with Gasteiger partial charge in [-0.15, -0.1) is 11.3 Å². The molecule has 0 fully saturated rings. The molecule has 3 aromatic carbocycles. The van der Waals surface area contributed by atoms with E-state index in [4.69, 9.17) is 4.74 Å². The van der Waals surface area contributed by atoms with Crippen molar-refractivity contribution in [2.24, 2.45) is 0 Å². The zero-order valence-corrected chi connectivity index (χ0v) is 16.4. The Labute approximate surface area is 173 Å². The first-order valence-corrected chi connectivity index (χ1v) is 10.00. The summed E-state index contributed by atoms with van der Waals surface area (Å²) in [6.45, 7) is 0.344. The van der Waals surface area contributed by atoms with Crippen molar-refractivity contribution in [2.75, 3.05) is 0 Å². The molecule has 0 atom stereocenters. The molecule has 0 aliphatic heterocycles. The van der Waals surface area contributed by atoms with Gasteiger partial charge < -0.3 is 15.2 Å². The van der Waals surface area contributed by atoms with Crippen LogP contribution < -0.4 is 10.1 Å². The summed E-state index contributed by atoms with van der Waals surface area (Å²) in [7, 11) is 0. The van der Waals surface area contributed by atoms with Crippen LogP contribution in [0.4, 0.5) is 4.79 Å². The summed E-state index contributed by atoms with van der Waals surface area (Å²) in [5.41, 5.74) is 2.71. The SMILES string of the molecule is O=C(NCc1ccccc1)Oc1c(-c2ccccc2)sc(-c2ccccc2)c1O. The lowest BCUT2D eigenvalue weighted by molar-refractivity contribution is 0.198. The summed E-state index contributed by atoms with van der Waals surface area (Å²) in [5.74, 6) is 0.139. The molecule has 0 saturated heterocycles. The van der Waals surface area contributed by atoms with Gasteiger partial charge in [-0.1, -0.05) is 91.0 Å². The zero-order valence-electron chi connectivity index (χ0n) is 15.5. The quantitative estimate of drug-likeness (QED) is 0.426. The summed E-state index contributed by atoms with van der Waals surface area (Å²) in [4.78, 5) is 13.8. The standard InChI is InChI=1S/C24H19NO3S/c26-20-21(28-24(27)25-16-17-10-4-1-5-11-17)23(19-14-8-3-9-15-19)29-22(20)18-12-6-2-7-13-18/h1-15,26H,16H2,(H,25,27). The number of carbonyl (C=O) groups excluding carboxylic acids is 1. The van der Waals surface area contributed by atoms with Crippen molar-refractivity contribution in [3.05, 3.63) is 96.6 Å². The van der Waals surface area contributed by atoms with Crippen molar-refractivity contribution in [3.8, 4) is 32.4 Å². The van der Waals surface area contributed by atoms with E-state index < -0.39 is 6.09 Å². The maximum absolute atomic E-state index is 12.4. The molecule has 0 radical (unpaired) electrons. The van der Waals surface area contributed by atoms with Gasteiger partial charge in [0, 0.05) is 6.54 Å². The Morgan fingerprint density at radius 1 is 0.793 bits per heavy atom. The summed E-state index contributed by atoms with van der Waals surface area (Å²) in [5, 5.41) is 13.6. The van der Waals surface area contributed by atoms with E-state index in [0.717, 1.165) is 16.7 Å². The highest BCUT2D eigenvalue weighted by Gasteiger charge is 2.23. The highest BCUT2D eigenvalue weighted by Crippen LogP contribution is 2.51. The van der Waals surface area contributed by atoms with E-state index in [2.05, 4.69) is 5.32 Å². The number of thiophene rings is 1. The molecule has 4 aromatic rings. The molecule has 0 spiro atoms. The highest BCUT2D eigenvalue weighted by molar-refractivity contribution is 7.19. The van der Waals surface area contributed by atoms with Gasteiger partial charge in [0.15, 0.2) is 11.5 Å². The maximum atomic E-state index is 12.4. The first-order chi connectivity index (χ1) is 14.2. The average molecular weight is 401 g/mol. The van der Waals surface area contributed by atoms with Crippen LogP contribution in [-0.2, 0) is 6.54 Å². The molecule has 5 heteroatoms. The fourth-order valence-electron chi connectivity index (χ4n) is 2.97. The van der Waals surface area contributed by atoms with Gasteiger partial charge in [-0.2, -0.15) is 0 Å². The normalized spacial score (nSPS) is 10.5. The molecule has 4 nitrogen and oxygen atoms in total. The minimum atomic E-state index is -0.612. The molecular formula is C24H19NO3S. The Balaban J connectivity index is 1.64. The molecule has 1 heterocycles. The number of nitrogens with one attached hydrogen (secondary N) is 1. The number of hydrogen-bond donors (Lipinski definition) is 2.